The van der Waals surface area contributed by atoms with E-state index in [4.69, 9.17) is 0 Å². The van der Waals surface area contributed by atoms with Crippen LogP contribution in [0.1, 0.15) is 32.9 Å². The van der Waals surface area contributed by atoms with Gasteiger partial charge in [0.05, 0.1) is 24.6 Å². The molecule has 0 unspecified atom stereocenters. The molecule has 0 radical (unpaired) electrons. The fourth-order valence-electron chi connectivity index (χ4n) is 2.78. The summed E-state index contributed by atoms with van der Waals surface area (Å²) in [5.74, 6) is 0.318. The Bertz CT molecular complexity index is 884. The highest BCUT2D eigenvalue weighted by Crippen LogP contribution is 2.22. The van der Waals surface area contributed by atoms with Crippen molar-refractivity contribution in [3.63, 3.8) is 0 Å². The highest BCUT2D eigenvalue weighted by molar-refractivity contribution is 6.03. The van der Waals surface area contributed by atoms with Gasteiger partial charge in [-0.1, -0.05) is 23.8 Å². The molecular weight excluding hydrogens is 326 g/mol. The van der Waals surface area contributed by atoms with Crippen LogP contribution in [0.15, 0.2) is 48.9 Å². The lowest BCUT2D eigenvalue weighted by molar-refractivity contribution is 0.102. The van der Waals surface area contributed by atoms with Crippen LogP contribution >= 0.6 is 0 Å². The molecule has 0 saturated heterocycles. The van der Waals surface area contributed by atoms with E-state index in [1.165, 1.54) is 11.8 Å². The van der Waals surface area contributed by atoms with E-state index in [9.17, 15) is 4.79 Å². The molecule has 3 aromatic rings. The van der Waals surface area contributed by atoms with Crippen LogP contribution in [0.3, 0.4) is 0 Å². The summed E-state index contributed by atoms with van der Waals surface area (Å²) in [5, 5.41) is 6.06. The highest BCUT2D eigenvalue weighted by Gasteiger charge is 2.12. The van der Waals surface area contributed by atoms with Gasteiger partial charge in [0.15, 0.2) is 0 Å². The van der Waals surface area contributed by atoms with Crippen molar-refractivity contribution < 1.29 is 4.79 Å². The lowest BCUT2D eigenvalue weighted by atomic mass is 10.1. The number of amides is 1. The summed E-state index contributed by atoms with van der Waals surface area (Å²) in [5.41, 5.74) is 5.21. The highest BCUT2D eigenvalue weighted by atomic mass is 16.1. The molecule has 2 heterocycles. The van der Waals surface area contributed by atoms with Crippen LogP contribution in [0.4, 0.5) is 11.5 Å². The first kappa shape index (κ1) is 17.5. The van der Waals surface area contributed by atoms with Gasteiger partial charge in [-0.05, 0) is 44.0 Å². The van der Waals surface area contributed by atoms with Crippen molar-refractivity contribution in [3.05, 3.63) is 77.0 Å². The first-order valence-electron chi connectivity index (χ1n) is 8.38. The number of nitrogens with zero attached hydrogens (tertiary/aromatic N) is 3. The van der Waals surface area contributed by atoms with Gasteiger partial charge in [-0.2, -0.15) is 0 Å². The molecule has 3 rings (SSSR count). The van der Waals surface area contributed by atoms with Crippen LogP contribution < -0.4 is 10.6 Å². The molecule has 2 N–H and O–H groups in total. The molecule has 0 aliphatic heterocycles. The van der Waals surface area contributed by atoms with E-state index in [-0.39, 0.29) is 11.6 Å². The number of pyridine rings is 1. The van der Waals surface area contributed by atoms with Gasteiger partial charge in [-0.25, -0.2) is 9.97 Å². The Balaban J connectivity index is 1.66. The summed E-state index contributed by atoms with van der Waals surface area (Å²) < 4.78 is 0. The van der Waals surface area contributed by atoms with Crippen LogP contribution in [-0.4, -0.2) is 20.9 Å². The average molecular weight is 347 g/mol. The third kappa shape index (κ3) is 4.22. The molecule has 26 heavy (non-hydrogen) atoms. The van der Waals surface area contributed by atoms with Gasteiger partial charge in [0, 0.05) is 11.9 Å². The maximum absolute atomic E-state index is 12.5. The predicted octanol–water partition coefficient (Wildman–Crippen LogP) is 3.66. The average Bonchev–Trinajstić information content (AvgIpc) is 2.64. The number of benzene rings is 1. The quantitative estimate of drug-likeness (QED) is 0.736. The first-order valence-corrected chi connectivity index (χ1v) is 8.38. The minimum absolute atomic E-state index is 0.271. The second kappa shape index (κ2) is 7.74. The Hall–Kier alpha value is -3.28. The topological polar surface area (TPSA) is 79.8 Å². The van der Waals surface area contributed by atoms with Crippen LogP contribution in [0.2, 0.25) is 0 Å². The van der Waals surface area contributed by atoms with E-state index < -0.39 is 0 Å². The van der Waals surface area contributed by atoms with Gasteiger partial charge in [-0.3, -0.25) is 9.78 Å². The first-order chi connectivity index (χ1) is 12.5. The summed E-state index contributed by atoms with van der Waals surface area (Å²) >= 11 is 0. The maximum atomic E-state index is 12.5. The number of nitrogens with one attached hydrogen (secondary N) is 2. The van der Waals surface area contributed by atoms with Crippen LogP contribution in [0.25, 0.3) is 0 Å². The molecule has 0 aliphatic carbocycles. The number of hydrogen-bond acceptors (Lipinski definition) is 5. The van der Waals surface area contributed by atoms with E-state index in [2.05, 4.69) is 25.6 Å². The number of carbonyl (C=O) groups excluding carboxylic acids is 1. The molecule has 1 aromatic carbocycles. The van der Waals surface area contributed by atoms with Gasteiger partial charge in [0.2, 0.25) is 0 Å². The second-order valence-electron chi connectivity index (χ2n) is 6.19. The molecular formula is C20H21N5O. The lowest BCUT2D eigenvalue weighted by Crippen LogP contribution is -2.16. The molecule has 132 valence electrons. The summed E-state index contributed by atoms with van der Waals surface area (Å²) in [6.07, 6.45) is 4.76. The van der Waals surface area contributed by atoms with Crippen molar-refractivity contribution in [3.8, 4) is 0 Å². The van der Waals surface area contributed by atoms with Gasteiger partial charge in [-0.15, -0.1) is 0 Å². The van der Waals surface area contributed by atoms with Crippen LogP contribution in [-0.2, 0) is 6.54 Å². The molecule has 1 amide bonds. The summed E-state index contributed by atoms with van der Waals surface area (Å²) in [7, 11) is 0. The van der Waals surface area contributed by atoms with Gasteiger partial charge in [0.25, 0.3) is 5.91 Å². The van der Waals surface area contributed by atoms with Crippen molar-refractivity contribution in [2.75, 3.05) is 10.6 Å². The van der Waals surface area contributed by atoms with E-state index >= 15 is 0 Å². The van der Waals surface area contributed by atoms with Crippen molar-refractivity contribution in [2.45, 2.75) is 27.3 Å². The maximum Gasteiger partial charge on any atom is 0.275 e. The monoisotopic (exact) mass is 347 g/mol. The van der Waals surface area contributed by atoms with Crippen molar-refractivity contribution in [1.82, 2.24) is 15.0 Å². The van der Waals surface area contributed by atoms with Crippen molar-refractivity contribution >= 4 is 17.4 Å². The van der Waals surface area contributed by atoms with E-state index in [1.807, 2.05) is 51.1 Å². The number of aromatic nitrogens is 3. The number of anilines is 2. The van der Waals surface area contributed by atoms with Gasteiger partial charge < -0.3 is 10.6 Å². The minimum Gasteiger partial charge on any atom is -0.363 e. The summed E-state index contributed by atoms with van der Waals surface area (Å²) in [6.45, 7) is 6.54. The summed E-state index contributed by atoms with van der Waals surface area (Å²) in [4.78, 5) is 25.1. The molecule has 0 atom stereocenters. The molecule has 0 saturated carbocycles. The van der Waals surface area contributed by atoms with Crippen LogP contribution in [0, 0.1) is 20.8 Å². The van der Waals surface area contributed by atoms with Crippen molar-refractivity contribution in [2.24, 2.45) is 0 Å². The Morgan fingerprint density at radius 3 is 2.38 bits per heavy atom. The van der Waals surface area contributed by atoms with Crippen LogP contribution in [0.5, 0.6) is 0 Å². The number of carbonyl (C=O) groups is 1. The zero-order valence-electron chi connectivity index (χ0n) is 15.1. The number of rotatable bonds is 5. The molecule has 0 bridgehead atoms. The molecule has 0 fully saturated rings. The van der Waals surface area contributed by atoms with E-state index in [0.29, 0.717) is 12.4 Å². The molecule has 0 spiro atoms. The molecule has 2 aromatic heterocycles. The molecule has 6 nitrogen and oxygen atoms in total. The molecule has 0 aliphatic rings. The minimum atomic E-state index is -0.274. The fraction of sp³-hybridized carbons (Fsp3) is 0.200. The zero-order valence-corrected chi connectivity index (χ0v) is 15.1. The normalized spacial score (nSPS) is 10.4. The Labute approximate surface area is 152 Å². The molecule has 6 heteroatoms. The van der Waals surface area contributed by atoms with E-state index in [0.717, 1.165) is 22.5 Å². The smallest absolute Gasteiger partial charge is 0.275 e. The Morgan fingerprint density at radius 1 is 1.00 bits per heavy atom. The summed E-state index contributed by atoms with van der Waals surface area (Å²) in [6, 6.07) is 9.80. The number of hydrogen-bond donors (Lipinski definition) is 2. The zero-order chi connectivity index (χ0) is 18.5. The number of aryl methyl sites for hydroxylation is 3. The lowest BCUT2D eigenvalue weighted by Gasteiger charge is -2.12. The third-order valence-corrected chi connectivity index (χ3v) is 3.98. The van der Waals surface area contributed by atoms with Gasteiger partial charge >= 0.3 is 0 Å². The Morgan fingerprint density at radius 2 is 1.77 bits per heavy atom. The van der Waals surface area contributed by atoms with Crippen molar-refractivity contribution in [1.29, 1.82) is 0 Å². The largest absolute Gasteiger partial charge is 0.363 e. The third-order valence-electron chi connectivity index (χ3n) is 3.98. The fourth-order valence-corrected chi connectivity index (χ4v) is 2.78. The predicted molar refractivity (Wildman–Crippen MR) is 102 cm³/mol. The standard InChI is InChI=1S/C20H21N5O/c1-13-8-14(2)19(15(3)9-13)25-20(26)17-11-24-18(12-22-17)23-10-16-6-4-5-7-21-16/h4-9,11-12H,10H2,1-3H3,(H,23,24)(H,25,26). The van der Waals surface area contributed by atoms with Gasteiger partial charge in [0.1, 0.15) is 11.5 Å². The SMILES string of the molecule is Cc1cc(C)c(NC(=O)c2cnc(NCc3ccccn3)cn2)c(C)c1. The second-order valence-corrected chi connectivity index (χ2v) is 6.19. The Kier molecular flexibility index (Phi) is 5.22. The van der Waals surface area contributed by atoms with E-state index in [1.54, 1.807) is 12.4 Å².